The van der Waals surface area contributed by atoms with E-state index in [-0.39, 0.29) is 24.1 Å². The summed E-state index contributed by atoms with van der Waals surface area (Å²) in [6.45, 7) is 3.67. The van der Waals surface area contributed by atoms with Crippen molar-refractivity contribution in [2.75, 3.05) is 10.5 Å². The Balaban J connectivity index is 0.00000243. The molecule has 8 heteroatoms. The third-order valence-electron chi connectivity index (χ3n) is 4.17. The number of amides is 1. The zero-order valence-electron chi connectivity index (χ0n) is 14.4. The topological polar surface area (TPSA) is 87.3 Å². The van der Waals surface area contributed by atoms with Gasteiger partial charge in [0.1, 0.15) is 0 Å². The molecule has 3 N–H and O–H groups in total. The van der Waals surface area contributed by atoms with E-state index in [2.05, 4.69) is 27.5 Å². The fourth-order valence-corrected chi connectivity index (χ4v) is 3.40. The van der Waals surface area contributed by atoms with Crippen molar-refractivity contribution < 1.29 is 13.2 Å². The zero-order valence-corrected chi connectivity index (χ0v) is 16.0. The Morgan fingerprint density at radius 1 is 1.12 bits per heavy atom. The number of para-hydroxylation sites is 1. The molecule has 1 aliphatic heterocycles. The van der Waals surface area contributed by atoms with Crippen LogP contribution in [0.2, 0.25) is 0 Å². The fourth-order valence-electron chi connectivity index (χ4n) is 2.75. The number of fused-ring (bicyclic) bond motifs is 1. The summed E-state index contributed by atoms with van der Waals surface area (Å²) < 4.78 is 26.0. The second-order valence-corrected chi connectivity index (χ2v) is 7.95. The van der Waals surface area contributed by atoms with Gasteiger partial charge in [0, 0.05) is 19.6 Å². The van der Waals surface area contributed by atoms with Crippen LogP contribution in [0.4, 0.5) is 5.69 Å². The largest absolute Gasteiger partial charge is 0.348 e. The standard InChI is InChI=1S/C18H21N3O3S.ClH/c1-2-25(23,24)21-17-6-4-3-5-16(17)18(22)20-10-13-7-8-14-11-19-12-15(14)9-13;/h3-9,19,21H,2,10-12H2,1H3,(H,20,22);1H. The molecule has 0 saturated carbocycles. The van der Waals surface area contributed by atoms with Crippen LogP contribution >= 0.6 is 12.4 Å². The Labute approximate surface area is 159 Å². The third kappa shape index (κ3) is 4.75. The molecule has 26 heavy (non-hydrogen) atoms. The fraction of sp³-hybridized carbons (Fsp3) is 0.278. The number of carbonyl (C=O) groups excluding carboxylic acids is 1. The van der Waals surface area contributed by atoms with Crippen molar-refractivity contribution in [3.63, 3.8) is 0 Å². The molecule has 0 aliphatic carbocycles. The predicted octanol–water partition coefficient (Wildman–Crippen LogP) is 2.40. The van der Waals surface area contributed by atoms with E-state index in [1.807, 2.05) is 6.07 Å². The molecule has 0 radical (unpaired) electrons. The van der Waals surface area contributed by atoms with Crippen LogP contribution in [0, 0.1) is 0 Å². The van der Waals surface area contributed by atoms with Crippen molar-refractivity contribution in [3.8, 4) is 0 Å². The summed E-state index contributed by atoms with van der Waals surface area (Å²) in [4.78, 5) is 12.5. The van der Waals surface area contributed by atoms with Crippen molar-refractivity contribution >= 4 is 34.0 Å². The maximum atomic E-state index is 12.5. The number of anilines is 1. The molecule has 0 spiro atoms. The number of nitrogens with one attached hydrogen (secondary N) is 3. The van der Waals surface area contributed by atoms with Crippen molar-refractivity contribution in [3.05, 3.63) is 64.7 Å². The van der Waals surface area contributed by atoms with Gasteiger partial charge in [-0.3, -0.25) is 9.52 Å². The summed E-state index contributed by atoms with van der Waals surface area (Å²) in [5.74, 6) is -0.362. The molecule has 3 rings (SSSR count). The average molecular weight is 396 g/mol. The number of carbonyl (C=O) groups is 1. The first-order valence-electron chi connectivity index (χ1n) is 8.17. The summed E-state index contributed by atoms with van der Waals surface area (Å²) in [5.41, 5.74) is 4.15. The summed E-state index contributed by atoms with van der Waals surface area (Å²) in [5, 5.41) is 6.14. The van der Waals surface area contributed by atoms with Crippen LogP contribution in [-0.2, 0) is 29.7 Å². The molecule has 0 bridgehead atoms. The maximum Gasteiger partial charge on any atom is 0.253 e. The van der Waals surface area contributed by atoms with Gasteiger partial charge in [-0.05, 0) is 35.7 Å². The zero-order chi connectivity index (χ0) is 17.9. The molecule has 0 aromatic heterocycles. The number of hydrogen-bond donors (Lipinski definition) is 3. The van der Waals surface area contributed by atoms with Crippen LogP contribution in [0.5, 0.6) is 0 Å². The minimum absolute atomic E-state index is 0. The average Bonchev–Trinajstić information content (AvgIpc) is 3.07. The Morgan fingerprint density at radius 3 is 2.62 bits per heavy atom. The van der Waals surface area contributed by atoms with E-state index in [4.69, 9.17) is 0 Å². The van der Waals surface area contributed by atoms with Crippen LogP contribution in [0.25, 0.3) is 0 Å². The quantitative estimate of drug-likeness (QED) is 0.700. The number of benzene rings is 2. The van der Waals surface area contributed by atoms with Crippen LogP contribution in [0.1, 0.15) is 34.0 Å². The van der Waals surface area contributed by atoms with Crippen molar-refractivity contribution in [1.82, 2.24) is 10.6 Å². The Hall–Kier alpha value is -2.09. The lowest BCUT2D eigenvalue weighted by Crippen LogP contribution is -2.25. The Kier molecular flexibility index (Phi) is 6.63. The maximum absolute atomic E-state index is 12.5. The highest BCUT2D eigenvalue weighted by atomic mass is 35.5. The highest BCUT2D eigenvalue weighted by Gasteiger charge is 2.15. The van der Waals surface area contributed by atoms with Crippen LogP contribution in [0.3, 0.4) is 0 Å². The monoisotopic (exact) mass is 395 g/mol. The third-order valence-corrected chi connectivity index (χ3v) is 5.46. The number of hydrogen-bond acceptors (Lipinski definition) is 4. The van der Waals surface area contributed by atoms with Crippen LogP contribution in [-0.4, -0.2) is 20.1 Å². The molecule has 1 heterocycles. The Bertz CT molecular complexity index is 900. The van der Waals surface area contributed by atoms with Crippen molar-refractivity contribution in [2.45, 2.75) is 26.6 Å². The Morgan fingerprint density at radius 2 is 1.85 bits per heavy atom. The summed E-state index contributed by atoms with van der Waals surface area (Å²) in [6, 6.07) is 12.7. The molecule has 0 fully saturated rings. The van der Waals surface area contributed by atoms with E-state index in [0.29, 0.717) is 17.8 Å². The number of halogens is 1. The summed E-state index contributed by atoms with van der Waals surface area (Å²) >= 11 is 0. The molecule has 140 valence electrons. The molecule has 2 aromatic carbocycles. The molecule has 0 saturated heterocycles. The molecule has 0 unspecified atom stereocenters. The van der Waals surface area contributed by atoms with Crippen molar-refractivity contribution in [2.24, 2.45) is 0 Å². The second kappa shape index (κ2) is 8.53. The van der Waals surface area contributed by atoms with E-state index in [1.165, 1.54) is 11.1 Å². The highest BCUT2D eigenvalue weighted by molar-refractivity contribution is 7.92. The van der Waals surface area contributed by atoms with Gasteiger partial charge in [-0.15, -0.1) is 12.4 Å². The molecule has 6 nitrogen and oxygen atoms in total. The highest BCUT2D eigenvalue weighted by Crippen LogP contribution is 2.19. The molecule has 1 aliphatic rings. The normalized spacial score (nSPS) is 12.8. The van der Waals surface area contributed by atoms with Gasteiger partial charge in [0.2, 0.25) is 10.0 Å². The first-order valence-corrected chi connectivity index (χ1v) is 9.83. The van der Waals surface area contributed by atoms with E-state index in [9.17, 15) is 13.2 Å². The minimum atomic E-state index is -3.44. The number of rotatable bonds is 6. The summed E-state index contributed by atoms with van der Waals surface area (Å²) in [7, 11) is -3.44. The molecule has 1 amide bonds. The van der Waals surface area contributed by atoms with Crippen molar-refractivity contribution in [1.29, 1.82) is 0 Å². The lowest BCUT2D eigenvalue weighted by atomic mass is 10.1. The minimum Gasteiger partial charge on any atom is -0.348 e. The van der Waals surface area contributed by atoms with Gasteiger partial charge in [0.15, 0.2) is 0 Å². The van der Waals surface area contributed by atoms with Gasteiger partial charge >= 0.3 is 0 Å². The van der Waals surface area contributed by atoms with E-state index >= 15 is 0 Å². The van der Waals surface area contributed by atoms with E-state index < -0.39 is 10.0 Å². The lowest BCUT2D eigenvalue weighted by molar-refractivity contribution is 0.0952. The molecule has 2 aromatic rings. The van der Waals surface area contributed by atoms with Gasteiger partial charge in [-0.2, -0.15) is 0 Å². The van der Waals surface area contributed by atoms with Crippen LogP contribution < -0.4 is 15.4 Å². The second-order valence-electron chi connectivity index (χ2n) is 5.94. The number of sulfonamides is 1. The lowest BCUT2D eigenvalue weighted by Gasteiger charge is -2.12. The van der Waals surface area contributed by atoms with Gasteiger partial charge < -0.3 is 10.6 Å². The summed E-state index contributed by atoms with van der Waals surface area (Å²) in [6.07, 6.45) is 0. The van der Waals surface area contributed by atoms with Gasteiger partial charge in [0.05, 0.1) is 17.0 Å². The van der Waals surface area contributed by atoms with E-state index in [1.54, 1.807) is 31.2 Å². The SMILES string of the molecule is CCS(=O)(=O)Nc1ccccc1C(=O)NCc1ccc2c(c1)CNC2.Cl. The molecular weight excluding hydrogens is 374 g/mol. The van der Waals surface area contributed by atoms with E-state index in [0.717, 1.165) is 18.7 Å². The molecular formula is C18H22ClN3O3S. The first kappa shape index (κ1) is 20.2. The predicted molar refractivity (Wildman–Crippen MR) is 105 cm³/mol. The van der Waals surface area contributed by atoms with Gasteiger partial charge in [-0.25, -0.2) is 8.42 Å². The van der Waals surface area contributed by atoms with Gasteiger partial charge in [0.25, 0.3) is 5.91 Å². The molecule has 0 atom stereocenters. The first-order chi connectivity index (χ1) is 12.0. The van der Waals surface area contributed by atoms with Gasteiger partial charge in [-0.1, -0.05) is 30.3 Å². The smallest absolute Gasteiger partial charge is 0.253 e. The van der Waals surface area contributed by atoms with Crippen LogP contribution in [0.15, 0.2) is 42.5 Å².